The van der Waals surface area contributed by atoms with Crippen molar-refractivity contribution in [3.8, 4) is 5.75 Å². The lowest BCUT2D eigenvalue weighted by Crippen LogP contribution is -2.32. The largest absolute Gasteiger partial charge is 0.422 e. The number of amides is 3. The topological polar surface area (TPSA) is 153 Å². The average Bonchev–Trinajstić information content (AvgIpc) is 3.67. The molecule has 1 aliphatic rings. The summed E-state index contributed by atoms with van der Waals surface area (Å²) in [6.07, 6.45) is 2.00. The van der Waals surface area contributed by atoms with Crippen molar-refractivity contribution in [2.24, 2.45) is 5.73 Å². The van der Waals surface area contributed by atoms with Crippen LogP contribution >= 0.6 is 15.9 Å². The molecule has 208 valence electrons. The highest BCUT2D eigenvalue weighted by atomic mass is 79.9. The number of carbonyl (C=O) groups is 4. The molecule has 3 amide bonds. The van der Waals surface area contributed by atoms with Gasteiger partial charge in [0.15, 0.2) is 5.78 Å². The molecule has 1 heterocycles. The molecule has 0 spiro atoms. The Morgan fingerprint density at radius 2 is 1.93 bits per heavy atom. The van der Waals surface area contributed by atoms with Crippen LogP contribution in [0.1, 0.15) is 58.9 Å². The van der Waals surface area contributed by atoms with Crippen LogP contribution in [0.4, 0.5) is 20.7 Å². The minimum Gasteiger partial charge on any atom is -0.422 e. The fraction of sp³-hybridized carbons (Fsp3) is 0.250. The smallest absolute Gasteiger partial charge is 0.343 e. The first kappa shape index (κ1) is 28.8. The Kier molecular flexibility index (Phi) is 8.90. The first-order valence-electron chi connectivity index (χ1n) is 12.5. The van der Waals surface area contributed by atoms with Crippen molar-refractivity contribution in [3.05, 3.63) is 81.7 Å². The number of rotatable bonds is 9. The van der Waals surface area contributed by atoms with E-state index in [0.717, 1.165) is 10.5 Å². The lowest BCUT2D eigenvalue weighted by Gasteiger charge is -2.16. The number of ketones is 1. The first-order chi connectivity index (χ1) is 19.1. The van der Waals surface area contributed by atoms with E-state index in [2.05, 4.69) is 36.9 Å². The van der Waals surface area contributed by atoms with Crippen LogP contribution in [0.5, 0.6) is 5.75 Å². The van der Waals surface area contributed by atoms with Crippen LogP contribution in [0.2, 0.25) is 0 Å². The van der Waals surface area contributed by atoms with Gasteiger partial charge in [-0.05, 0) is 71.7 Å². The van der Waals surface area contributed by atoms with Crippen molar-refractivity contribution >= 4 is 51.1 Å². The summed E-state index contributed by atoms with van der Waals surface area (Å²) in [5.74, 6) is -2.70. The predicted molar refractivity (Wildman–Crippen MR) is 150 cm³/mol. The second kappa shape index (κ2) is 12.3. The summed E-state index contributed by atoms with van der Waals surface area (Å²) in [5.41, 5.74) is 6.06. The van der Waals surface area contributed by atoms with E-state index in [-0.39, 0.29) is 34.6 Å². The van der Waals surface area contributed by atoms with E-state index in [1.807, 2.05) is 0 Å². The summed E-state index contributed by atoms with van der Waals surface area (Å²) in [6, 6.07) is 9.98. The minimum absolute atomic E-state index is 0.0288. The average molecular weight is 612 g/mol. The monoisotopic (exact) mass is 611 g/mol. The number of ether oxygens (including phenoxy) is 1. The number of esters is 1. The molecule has 3 atom stereocenters. The number of nitrogens with two attached hydrogens (primary N) is 1. The van der Waals surface area contributed by atoms with Crippen molar-refractivity contribution < 1.29 is 28.3 Å². The number of nitrogens with one attached hydrogen (secondary N) is 3. The first-order valence-corrected chi connectivity index (χ1v) is 13.3. The Labute approximate surface area is 238 Å². The number of anilines is 2. The third-order valence-electron chi connectivity index (χ3n) is 6.19. The molecule has 0 radical (unpaired) electrons. The maximum Gasteiger partial charge on any atom is 0.343 e. The zero-order valence-corrected chi connectivity index (χ0v) is 23.3. The zero-order chi connectivity index (χ0) is 29.0. The van der Waals surface area contributed by atoms with Gasteiger partial charge in [0.05, 0.1) is 17.2 Å². The standard InChI is InChI=1S/C28H27BrFN5O5/c1-3-22(36)18-8-9-20(30)24(19-12-21(19)34-28(39)35-23-10-7-16(29)13-32-23)25(18)40-27(38)15-5-4-6-17(11-15)33-26(37)14(2)31/h4-11,13-14,19,21H,3,12,31H2,1-2H3,(H,33,37)(H2,32,34,35,39)/t14-,19?,21?/m1/s1. The molecule has 3 aromatic rings. The van der Waals surface area contributed by atoms with Crippen LogP contribution in [0, 0.1) is 5.82 Å². The number of hydrogen-bond acceptors (Lipinski definition) is 7. The van der Waals surface area contributed by atoms with Gasteiger partial charge in [-0.15, -0.1) is 0 Å². The molecule has 1 saturated carbocycles. The lowest BCUT2D eigenvalue weighted by molar-refractivity contribution is -0.117. The van der Waals surface area contributed by atoms with Gasteiger partial charge >= 0.3 is 12.0 Å². The molecular weight excluding hydrogens is 585 g/mol. The molecular formula is C28H27BrFN5O5. The van der Waals surface area contributed by atoms with E-state index in [4.69, 9.17) is 10.5 Å². The van der Waals surface area contributed by atoms with Gasteiger partial charge in [-0.1, -0.05) is 13.0 Å². The van der Waals surface area contributed by atoms with Crippen molar-refractivity contribution in [1.82, 2.24) is 10.3 Å². The summed E-state index contributed by atoms with van der Waals surface area (Å²) >= 11 is 3.27. The Balaban J connectivity index is 1.56. The van der Waals surface area contributed by atoms with Gasteiger partial charge in [0.1, 0.15) is 17.4 Å². The number of halogens is 2. The number of carbonyl (C=O) groups excluding carboxylic acids is 4. The lowest BCUT2D eigenvalue weighted by atomic mass is 9.99. The van der Waals surface area contributed by atoms with E-state index in [0.29, 0.717) is 17.9 Å². The van der Waals surface area contributed by atoms with Crippen molar-refractivity contribution in [1.29, 1.82) is 0 Å². The van der Waals surface area contributed by atoms with Gasteiger partial charge in [0.2, 0.25) is 5.91 Å². The Bertz CT molecular complexity index is 1460. The minimum atomic E-state index is -0.849. The number of pyridine rings is 1. The van der Waals surface area contributed by atoms with Crippen LogP contribution in [0.15, 0.2) is 59.2 Å². The maximum atomic E-state index is 15.2. The highest BCUT2D eigenvalue weighted by Gasteiger charge is 2.44. The molecule has 2 aromatic carbocycles. The van der Waals surface area contributed by atoms with Gasteiger partial charge in [-0.2, -0.15) is 0 Å². The molecule has 4 rings (SSSR count). The van der Waals surface area contributed by atoms with E-state index >= 15 is 4.39 Å². The molecule has 0 bridgehead atoms. The quantitative estimate of drug-likeness (QED) is 0.155. The van der Waals surface area contributed by atoms with Crippen LogP contribution in [0.3, 0.4) is 0 Å². The Morgan fingerprint density at radius 1 is 1.15 bits per heavy atom. The van der Waals surface area contributed by atoms with E-state index in [1.165, 1.54) is 37.4 Å². The van der Waals surface area contributed by atoms with Gasteiger partial charge in [-0.3, -0.25) is 14.9 Å². The second-order valence-electron chi connectivity index (χ2n) is 9.27. The third-order valence-corrected chi connectivity index (χ3v) is 6.65. The van der Waals surface area contributed by atoms with Crippen molar-refractivity contribution in [3.63, 3.8) is 0 Å². The van der Waals surface area contributed by atoms with Gasteiger partial charge in [0.25, 0.3) is 0 Å². The zero-order valence-electron chi connectivity index (χ0n) is 21.7. The fourth-order valence-corrected chi connectivity index (χ4v) is 4.25. The van der Waals surface area contributed by atoms with Gasteiger partial charge in [0, 0.05) is 40.3 Å². The van der Waals surface area contributed by atoms with Crippen LogP contribution in [-0.2, 0) is 4.79 Å². The number of Topliss-reactive ketones (excluding diaryl/α,β-unsaturated/α-hetero) is 1. The molecule has 0 saturated heterocycles. The Hall–Kier alpha value is -4.16. The highest BCUT2D eigenvalue weighted by molar-refractivity contribution is 9.10. The number of nitrogens with zero attached hydrogens (tertiary/aromatic N) is 1. The normalized spacial score (nSPS) is 16.4. The molecule has 5 N–H and O–H groups in total. The Morgan fingerprint density at radius 3 is 2.60 bits per heavy atom. The number of urea groups is 1. The molecule has 0 aliphatic heterocycles. The summed E-state index contributed by atoms with van der Waals surface area (Å²) < 4.78 is 21.6. The summed E-state index contributed by atoms with van der Waals surface area (Å²) in [6.45, 7) is 3.16. The van der Waals surface area contributed by atoms with E-state index in [1.54, 1.807) is 25.1 Å². The van der Waals surface area contributed by atoms with Crippen molar-refractivity contribution in [2.75, 3.05) is 10.6 Å². The van der Waals surface area contributed by atoms with E-state index < -0.39 is 41.7 Å². The summed E-state index contributed by atoms with van der Waals surface area (Å²) in [4.78, 5) is 54.4. The highest BCUT2D eigenvalue weighted by Crippen LogP contribution is 2.47. The number of aromatic nitrogens is 1. The molecule has 10 nitrogen and oxygen atoms in total. The third kappa shape index (κ3) is 6.88. The maximum absolute atomic E-state index is 15.2. The van der Waals surface area contributed by atoms with Gasteiger partial charge in [-0.25, -0.2) is 19.0 Å². The number of hydrogen-bond donors (Lipinski definition) is 4. The van der Waals surface area contributed by atoms with Crippen molar-refractivity contribution in [2.45, 2.75) is 44.7 Å². The molecule has 1 aromatic heterocycles. The molecule has 12 heteroatoms. The van der Waals surface area contributed by atoms with Crippen LogP contribution < -0.4 is 26.4 Å². The summed E-state index contributed by atoms with van der Waals surface area (Å²) in [7, 11) is 0. The predicted octanol–water partition coefficient (Wildman–Crippen LogP) is 4.76. The number of benzene rings is 2. The van der Waals surface area contributed by atoms with E-state index in [9.17, 15) is 19.2 Å². The molecule has 1 fully saturated rings. The SMILES string of the molecule is CCC(=O)c1ccc(F)c(C2CC2NC(=O)Nc2ccc(Br)cn2)c1OC(=O)c1cccc(NC(=O)[C@@H](C)N)c1. The molecule has 40 heavy (non-hydrogen) atoms. The molecule has 1 aliphatic carbocycles. The molecule has 2 unspecified atom stereocenters. The van der Waals surface area contributed by atoms with Crippen LogP contribution in [0.25, 0.3) is 0 Å². The second-order valence-corrected chi connectivity index (χ2v) is 10.2. The summed E-state index contributed by atoms with van der Waals surface area (Å²) in [5, 5.41) is 7.96. The van der Waals surface area contributed by atoms with Gasteiger partial charge < -0.3 is 21.1 Å². The van der Waals surface area contributed by atoms with Crippen LogP contribution in [-0.4, -0.2) is 40.8 Å². The fourth-order valence-electron chi connectivity index (χ4n) is 4.02.